The summed E-state index contributed by atoms with van der Waals surface area (Å²) in [7, 11) is 1.26. The maximum Gasteiger partial charge on any atom is 0.354 e. The molecule has 2 amide bonds. The number of fused-ring (bicyclic) bond motifs is 1. The van der Waals surface area contributed by atoms with E-state index in [9.17, 15) is 24.3 Å². The van der Waals surface area contributed by atoms with E-state index in [2.05, 4.69) is 15.5 Å². The van der Waals surface area contributed by atoms with Crippen LogP contribution in [0.4, 0.5) is 5.13 Å². The van der Waals surface area contributed by atoms with Crippen LogP contribution in [0.15, 0.2) is 32.0 Å². The van der Waals surface area contributed by atoms with E-state index in [1.54, 1.807) is 6.92 Å². The maximum atomic E-state index is 12.8. The van der Waals surface area contributed by atoms with E-state index in [0.717, 1.165) is 28.0 Å². The summed E-state index contributed by atoms with van der Waals surface area (Å²) in [4.78, 5) is 58.7. The number of aliphatic carboxylic acids is 1. The Kier molecular flexibility index (Phi) is 7.99. The van der Waals surface area contributed by atoms with Crippen molar-refractivity contribution in [2.75, 3.05) is 25.2 Å². The minimum absolute atomic E-state index is 0.158. The smallest absolute Gasteiger partial charge is 0.354 e. The second kappa shape index (κ2) is 10.7. The number of nitrogens with one attached hydrogen (secondary N) is 1. The fourth-order valence-corrected chi connectivity index (χ4v) is 5.78. The van der Waals surface area contributed by atoms with Gasteiger partial charge in [0, 0.05) is 17.2 Å². The zero-order valence-corrected chi connectivity index (χ0v) is 19.8. The average molecular weight is 514 g/mol. The van der Waals surface area contributed by atoms with Gasteiger partial charge in [-0.05, 0) is 12.3 Å². The topological polar surface area (TPSA) is 174 Å². The highest BCUT2D eigenvalue weighted by molar-refractivity contribution is 8.23. The van der Waals surface area contributed by atoms with Gasteiger partial charge in [0.05, 0.1) is 16.9 Å². The number of carbonyl (C=O) groups is 4. The third kappa shape index (κ3) is 5.31. The molecule has 176 valence electrons. The van der Waals surface area contributed by atoms with Crippen LogP contribution in [0, 0.1) is 0 Å². The Hall–Kier alpha value is -3.04. The molecule has 4 N–H and O–H groups in total. The van der Waals surface area contributed by atoms with Crippen LogP contribution >= 0.6 is 34.9 Å². The van der Waals surface area contributed by atoms with Crippen molar-refractivity contribution in [3.63, 3.8) is 0 Å². The number of thioether (sulfide) groups is 2. The molecule has 0 aliphatic carbocycles. The standard InChI is InChI=1S/C18H19N5O7S3/c1-3-30-10(24)4-5-31-17-13(16(27)28)23-9(7-32-17)12(15(23)26)21-14(25)11(22-29-2)8-6-33-18(19)20-8/h4-6,9,12H,3,7H2,1-2H3,(H2,19,20)(H,21,25)(H,27,28). The third-order valence-corrected chi connectivity index (χ3v) is 7.32. The van der Waals surface area contributed by atoms with Crippen LogP contribution in [-0.2, 0) is 28.8 Å². The summed E-state index contributed by atoms with van der Waals surface area (Å²) >= 11 is 3.32. The SMILES string of the molecule is CCOC(=O)C=CSC1=C(C(=O)O)N2C(=O)C(NC(=O)C(=NOC)c3csc(N)n3)C2CS1. The number of oxime groups is 1. The Bertz CT molecular complexity index is 1070. The van der Waals surface area contributed by atoms with E-state index in [-0.39, 0.29) is 28.8 Å². The molecule has 0 saturated carbocycles. The number of carboxylic acids is 1. The fraction of sp³-hybridized carbons (Fsp3) is 0.333. The molecule has 1 saturated heterocycles. The van der Waals surface area contributed by atoms with Gasteiger partial charge in [-0.15, -0.1) is 23.1 Å². The quantitative estimate of drug-likeness (QED) is 0.139. The summed E-state index contributed by atoms with van der Waals surface area (Å²) in [6.07, 6.45) is 1.18. The van der Waals surface area contributed by atoms with Crippen LogP contribution in [0.5, 0.6) is 0 Å². The van der Waals surface area contributed by atoms with Gasteiger partial charge < -0.3 is 25.7 Å². The number of carboxylic acid groups (broad SMARTS) is 1. The molecule has 2 atom stereocenters. The summed E-state index contributed by atoms with van der Waals surface area (Å²) in [6, 6.07) is -1.51. The van der Waals surface area contributed by atoms with Crippen molar-refractivity contribution in [1.82, 2.24) is 15.2 Å². The van der Waals surface area contributed by atoms with Crippen molar-refractivity contribution >= 4 is 69.5 Å². The second-order valence-corrected chi connectivity index (χ2v) is 9.44. The number of carbonyl (C=O) groups excluding carboxylic acids is 3. The van der Waals surface area contributed by atoms with Gasteiger partial charge in [-0.3, -0.25) is 14.5 Å². The van der Waals surface area contributed by atoms with Crippen LogP contribution in [-0.4, -0.2) is 76.0 Å². The number of nitrogens with zero attached hydrogens (tertiary/aromatic N) is 3. The van der Waals surface area contributed by atoms with Gasteiger partial charge in [0.1, 0.15) is 18.8 Å². The number of rotatable bonds is 9. The van der Waals surface area contributed by atoms with Crippen LogP contribution in [0.2, 0.25) is 0 Å². The average Bonchev–Trinajstić information content (AvgIpc) is 3.20. The predicted octanol–water partition coefficient (Wildman–Crippen LogP) is 0.582. The number of ether oxygens (including phenoxy) is 1. The lowest BCUT2D eigenvalue weighted by Gasteiger charge is -2.49. The first kappa shape index (κ1) is 24.6. The molecule has 1 fully saturated rings. The van der Waals surface area contributed by atoms with Crippen molar-refractivity contribution in [3.05, 3.63) is 32.5 Å². The Morgan fingerprint density at radius 2 is 2.24 bits per heavy atom. The molecule has 2 aliphatic heterocycles. The van der Waals surface area contributed by atoms with Crippen molar-refractivity contribution in [3.8, 4) is 0 Å². The second-order valence-electron chi connectivity index (χ2n) is 6.35. The monoisotopic (exact) mass is 513 g/mol. The maximum absolute atomic E-state index is 12.8. The largest absolute Gasteiger partial charge is 0.477 e. The molecule has 12 nitrogen and oxygen atoms in total. The molecule has 2 aliphatic rings. The molecule has 0 aromatic carbocycles. The van der Waals surface area contributed by atoms with Gasteiger partial charge >= 0.3 is 11.9 Å². The molecule has 0 bridgehead atoms. The van der Waals surface area contributed by atoms with Gasteiger partial charge in [-0.2, -0.15) is 0 Å². The lowest BCUT2D eigenvalue weighted by molar-refractivity contribution is -0.153. The molecule has 33 heavy (non-hydrogen) atoms. The van der Waals surface area contributed by atoms with Crippen LogP contribution in [0.1, 0.15) is 12.6 Å². The number of amides is 2. The van der Waals surface area contributed by atoms with Gasteiger partial charge in [-0.1, -0.05) is 16.9 Å². The van der Waals surface area contributed by atoms with Crippen molar-refractivity contribution in [2.45, 2.75) is 19.0 Å². The molecule has 3 heterocycles. The Morgan fingerprint density at radius 3 is 2.85 bits per heavy atom. The lowest BCUT2D eigenvalue weighted by atomic mass is 9.95. The van der Waals surface area contributed by atoms with Crippen LogP contribution in [0.3, 0.4) is 0 Å². The first-order valence-corrected chi connectivity index (χ1v) is 12.1. The zero-order chi connectivity index (χ0) is 24.1. The Balaban J connectivity index is 1.74. The number of thiazole rings is 1. The number of hydrogen-bond donors (Lipinski definition) is 3. The summed E-state index contributed by atoms with van der Waals surface area (Å²) in [6.45, 7) is 1.89. The number of nitrogens with two attached hydrogens (primary N) is 1. The van der Waals surface area contributed by atoms with Crippen molar-refractivity contribution in [2.24, 2.45) is 5.16 Å². The van der Waals surface area contributed by atoms with E-state index < -0.39 is 35.8 Å². The van der Waals surface area contributed by atoms with E-state index in [1.165, 1.54) is 35.7 Å². The molecular formula is C18H19N5O7S3. The fourth-order valence-electron chi connectivity index (χ4n) is 3.00. The Morgan fingerprint density at radius 1 is 1.48 bits per heavy atom. The number of esters is 1. The molecule has 0 spiro atoms. The zero-order valence-electron chi connectivity index (χ0n) is 17.3. The normalized spacial score (nSPS) is 20.4. The minimum atomic E-state index is -1.29. The predicted molar refractivity (Wildman–Crippen MR) is 123 cm³/mol. The summed E-state index contributed by atoms with van der Waals surface area (Å²) in [5.41, 5.74) is 5.44. The molecule has 3 rings (SSSR count). The van der Waals surface area contributed by atoms with Crippen LogP contribution < -0.4 is 11.1 Å². The van der Waals surface area contributed by atoms with Gasteiger partial charge in [0.25, 0.3) is 11.8 Å². The summed E-state index contributed by atoms with van der Waals surface area (Å²) in [5, 5.41) is 19.1. The molecule has 1 aromatic heterocycles. The highest BCUT2D eigenvalue weighted by atomic mass is 32.2. The van der Waals surface area contributed by atoms with E-state index in [4.69, 9.17) is 15.3 Å². The highest BCUT2D eigenvalue weighted by Gasteiger charge is 2.54. The highest BCUT2D eigenvalue weighted by Crippen LogP contribution is 2.44. The van der Waals surface area contributed by atoms with Crippen LogP contribution in [0.25, 0.3) is 0 Å². The Labute approximate surface area is 200 Å². The molecule has 0 radical (unpaired) electrons. The van der Waals surface area contributed by atoms with E-state index in [0.29, 0.717) is 9.99 Å². The number of aromatic nitrogens is 1. The summed E-state index contributed by atoms with van der Waals surface area (Å²) < 4.78 is 5.13. The lowest BCUT2D eigenvalue weighted by Crippen LogP contribution is -2.72. The first-order valence-electron chi connectivity index (χ1n) is 9.35. The van der Waals surface area contributed by atoms with Crippen molar-refractivity contribution in [1.29, 1.82) is 0 Å². The number of nitrogen functional groups attached to an aromatic ring is 1. The minimum Gasteiger partial charge on any atom is -0.477 e. The van der Waals surface area contributed by atoms with Gasteiger partial charge in [-0.25, -0.2) is 14.6 Å². The first-order chi connectivity index (χ1) is 15.8. The third-order valence-electron chi connectivity index (χ3n) is 4.36. The van der Waals surface area contributed by atoms with Gasteiger partial charge in [0.2, 0.25) is 0 Å². The summed E-state index contributed by atoms with van der Waals surface area (Å²) in [5.74, 6) is -2.79. The molecule has 1 aromatic rings. The number of β-lactam (4-membered cyclic amide) rings is 1. The number of anilines is 1. The number of hydrogen-bond acceptors (Lipinski definition) is 12. The molecular weight excluding hydrogens is 494 g/mol. The molecule has 2 unspecified atom stereocenters. The van der Waals surface area contributed by atoms with Gasteiger partial charge in [0.15, 0.2) is 16.5 Å². The van der Waals surface area contributed by atoms with Crippen molar-refractivity contribution < 1.29 is 33.9 Å². The van der Waals surface area contributed by atoms with E-state index >= 15 is 0 Å². The van der Waals surface area contributed by atoms with E-state index in [1.807, 2.05) is 0 Å². The molecule has 15 heteroatoms.